The molecular weight excluding hydrogens is 388 g/mol. The van der Waals surface area contributed by atoms with Gasteiger partial charge < -0.3 is 15.1 Å². The van der Waals surface area contributed by atoms with Gasteiger partial charge in [0.25, 0.3) is 0 Å². The minimum absolute atomic E-state index is 0.118. The van der Waals surface area contributed by atoms with Crippen molar-refractivity contribution in [3.05, 3.63) is 36.4 Å². The summed E-state index contributed by atoms with van der Waals surface area (Å²) in [6.45, 7) is 5.52. The van der Waals surface area contributed by atoms with Crippen LogP contribution in [-0.2, 0) is 9.84 Å². The largest absolute Gasteiger partial charge is 0.370 e. The molecule has 4 rings (SSSR count). The monoisotopic (exact) mass is 414 g/mol. The standard InChI is InChI=1S/C20H26N6O2S/c1-15-9-10-17(25-13-11-24(3)12-14-25)26-20(22-15)18(19(21-2)23-26)29(27,28)16-7-5-4-6-8-16/h4-8,10H,9,11-14H2,1-3H3,(H,21,23). The molecule has 1 saturated heterocycles. The van der Waals surface area contributed by atoms with Crippen LogP contribution in [0.5, 0.6) is 0 Å². The number of likely N-dealkylation sites (N-methyl/N-ethyl adjacent to an activating group) is 1. The number of aromatic nitrogens is 2. The number of hydrogen-bond donors (Lipinski definition) is 1. The van der Waals surface area contributed by atoms with E-state index in [2.05, 4.69) is 38.3 Å². The normalized spacial score (nSPS) is 18.0. The second kappa shape index (κ2) is 7.64. The van der Waals surface area contributed by atoms with E-state index in [0.29, 0.717) is 18.1 Å². The van der Waals surface area contributed by atoms with Gasteiger partial charge in [-0.3, -0.25) is 0 Å². The molecule has 8 nitrogen and oxygen atoms in total. The van der Waals surface area contributed by atoms with Crippen molar-refractivity contribution in [1.29, 1.82) is 0 Å². The van der Waals surface area contributed by atoms with Crippen LogP contribution < -0.4 is 5.32 Å². The lowest BCUT2D eigenvalue weighted by molar-refractivity contribution is 0.200. The van der Waals surface area contributed by atoms with E-state index >= 15 is 0 Å². The molecular formula is C20H26N6O2S. The molecule has 2 aliphatic rings. The van der Waals surface area contributed by atoms with Gasteiger partial charge >= 0.3 is 0 Å². The predicted octanol–water partition coefficient (Wildman–Crippen LogP) is 2.30. The quantitative estimate of drug-likeness (QED) is 0.827. The first-order chi connectivity index (χ1) is 13.9. The average Bonchev–Trinajstić information content (AvgIpc) is 3.01. The van der Waals surface area contributed by atoms with Gasteiger partial charge in [0, 0.05) is 45.4 Å². The van der Waals surface area contributed by atoms with Gasteiger partial charge in [-0.1, -0.05) is 18.2 Å². The van der Waals surface area contributed by atoms with Gasteiger partial charge in [0.05, 0.1) is 4.90 Å². The predicted molar refractivity (Wildman–Crippen MR) is 114 cm³/mol. The van der Waals surface area contributed by atoms with E-state index in [1.807, 2.05) is 6.92 Å². The number of fused-ring (bicyclic) bond motifs is 1. The molecule has 154 valence electrons. The number of piperazine rings is 1. The molecule has 0 saturated carbocycles. The van der Waals surface area contributed by atoms with Gasteiger partial charge in [-0.2, -0.15) is 4.68 Å². The van der Waals surface area contributed by atoms with Crippen molar-refractivity contribution >= 4 is 33.0 Å². The Bertz CT molecular complexity index is 1060. The fraction of sp³-hybridized carbons (Fsp3) is 0.400. The maximum atomic E-state index is 13.5. The van der Waals surface area contributed by atoms with Crippen LogP contribution >= 0.6 is 0 Å². The number of benzene rings is 1. The van der Waals surface area contributed by atoms with Gasteiger partial charge in [-0.05, 0) is 32.2 Å². The molecule has 0 atom stereocenters. The summed E-state index contributed by atoms with van der Waals surface area (Å²) in [6, 6.07) is 8.44. The Hall–Kier alpha value is -2.65. The molecule has 0 bridgehead atoms. The van der Waals surface area contributed by atoms with Crippen molar-refractivity contribution < 1.29 is 8.42 Å². The first-order valence-corrected chi connectivity index (χ1v) is 11.2. The highest BCUT2D eigenvalue weighted by molar-refractivity contribution is 7.91. The molecule has 9 heteroatoms. The maximum absolute atomic E-state index is 13.5. The Balaban J connectivity index is 1.88. The molecule has 1 fully saturated rings. The van der Waals surface area contributed by atoms with Crippen molar-refractivity contribution in [2.45, 2.75) is 23.1 Å². The molecule has 0 unspecified atom stereocenters. The third-order valence-electron chi connectivity index (χ3n) is 5.30. The molecule has 29 heavy (non-hydrogen) atoms. The van der Waals surface area contributed by atoms with Crippen molar-refractivity contribution in [3.8, 4) is 0 Å². The van der Waals surface area contributed by atoms with Gasteiger partial charge in [0.2, 0.25) is 9.84 Å². The summed E-state index contributed by atoms with van der Waals surface area (Å²) in [4.78, 5) is 9.55. The molecule has 0 spiro atoms. The summed E-state index contributed by atoms with van der Waals surface area (Å²) in [5, 5.41) is 7.59. The Morgan fingerprint density at radius 2 is 1.76 bits per heavy atom. The Morgan fingerprint density at radius 3 is 2.41 bits per heavy atom. The molecule has 2 aliphatic heterocycles. The van der Waals surface area contributed by atoms with E-state index < -0.39 is 9.84 Å². The van der Waals surface area contributed by atoms with Crippen LogP contribution in [0.2, 0.25) is 0 Å². The molecule has 3 heterocycles. The zero-order chi connectivity index (χ0) is 20.6. The maximum Gasteiger partial charge on any atom is 0.214 e. The number of allylic oxidation sites excluding steroid dienone is 1. The molecule has 0 amide bonds. The second-order valence-electron chi connectivity index (χ2n) is 7.38. The lowest BCUT2D eigenvalue weighted by Crippen LogP contribution is -2.44. The summed E-state index contributed by atoms with van der Waals surface area (Å²) in [6.07, 6.45) is 2.75. The lowest BCUT2D eigenvalue weighted by atomic mass is 10.2. The molecule has 1 N–H and O–H groups in total. The van der Waals surface area contributed by atoms with Crippen molar-refractivity contribution in [1.82, 2.24) is 19.6 Å². The average molecular weight is 415 g/mol. The van der Waals surface area contributed by atoms with Crippen molar-refractivity contribution in [2.75, 3.05) is 45.6 Å². The van der Waals surface area contributed by atoms with E-state index in [9.17, 15) is 8.42 Å². The number of rotatable bonds is 4. The molecule has 1 aromatic heterocycles. The highest BCUT2D eigenvalue weighted by atomic mass is 32.2. The SMILES string of the molecule is CNc1nn2c(c1S(=O)(=O)c1ccccc1)N=C(C)CC=C2N1CCN(C)CC1. The van der Waals surface area contributed by atoms with Crippen LogP contribution in [0.1, 0.15) is 13.3 Å². The van der Waals surface area contributed by atoms with Crippen LogP contribution in [0.15, 0.2) is 51.2 Å². The van der Waals surface area contributed by atoms with Gasteiger partial charge in [0.15, 0.2) is 16.5 Å². The Kier molecular flexibility index (Phi) is 5.18. The fourth-order valence-electron chi connectivity index (χ4n) is 3.63. The van der Waals surface area contributed by atoms with Crippen molar-refractivity contribution in [2.24, 2.45) is 4.99 Å². The first kappa shape index (κ1) is 19.7. The van der Waals surface area contributed by atoms with Crippen LogP contribution in [0.25, 0.3) is 5.82 Å². The summed E-state index contributed by atoms with van der Waals surface area (Å²) in [7, 11) is -0.000506. The van der Waals surface area contributed by atoms with Gasteiger partial charge in [0.1, 0.15) is 5.82 Å². The third kappa shape index (κ3) is 3.56. The zero-order valence-corrected chi connectivity index (χ0v) is 17.8. The number of anilines is 1. The topological polar surface area (TPSA) is 82.8 Å². The van der Waals surface area contributed by atoms with E-state index in [1.54, 1.807) is 42.1 Å². The summed E-state index contributed by atoms with van der Waals surface area (Å²) < 4.78 is 28.7. The summed E-state index contributed by atoms with van der Waals surface area (Å²) in [5.74, 6) is 1.56. The highest BCUT2D eigenvalue weighted by Crippen LogP contribution is 2.39. The van der Waals surface area contributed by atoms with E-state index in [1.165, 1.54) is 0 Å². The molecule has 1 aromatic carbocycles. The van der Waals surface area contributed by atoms with Gasteiger partial charge in [-0.25, -0.2) is 13.4 Å². The number of nitrogens with one attached hydrogen (secondary N) is 1. The smallest absolute Gasteiger partial charge is 0.214 e. The molecule has 0 radical (unpaired) electrons. The van der Waals surface area contributed by atoms with Crippen LogP contribution in [-0.4, -0.2) is 74.0 Å². The highest BCUT2D eigenvalue weighted by Gasteiger charge is 2.33. The number of aliphatic imine (C=N–C) groups is 1. The minimum Gasteiger partial charge on any atom is -0.370 e. The number of sulfone groups is 1. The zero-order valence-electron chi connectivity index (χ0n) is 17.0. The van der Waals surface area contributed by atoms with Crippen LogP contribution in [0.3, 0.4) is 0 Å². The summed E-state index contributed by atoms with van der Waals surface area (Å²) >= 11 is 0. The van der Waals surface area contributed by atoms with Gasteiger partial charge in [-0.15, -0.1) is 5.10 Å². The van der Waals surface area contributed by atoms with E-state index in [4.69, 9.17) is 0 Å². The lowest BCUT2D eigenvalue weighted by Gasteiger charge is -2.35. The molecule has 0 aliphatic carbocycles. The van der Waals surface area contributed by atoms with E-state index in [0.717, 1.165) is 37.7 Å². The Labute approximate surface area is 171 Å². The van der Waals surface area contributed by atoms with Crippen LogP contribution in [0, 0.1) is 0 Å². The van der Waals surface area contributed by atoms with Crippen molar-refractivity contribution in [3.63, 3.8) is 0 Å². The first-order valence-electron chi connectivity index (χ1n) is 9.71. The summed E-state index contributed by atoms with van der Waals surface area (Å²) in [5.41, 5.74) is 0.849. The Morgan fingerprint density at radius 1 is 1.07 bits per heavy atom. The number of nitrogens with zero attached hydrogens (tertiary/aromatic N) is 5. The minimum atomic E-state index is -3.79. The van der Waals surface area contributed by atoms with E-state index in [-0.39, 0.29) is 9.79 Å². The fourth-order valence-corrected chi connectivity index (χ4v) is 5.15. The second-order valence-corrected chi connectivity index (χ2v) is 9.27. The molecule has 2 aromatic rings. The third-order valence-corrected chi connectivity index (χ3v) is 7.11. The number of hydrogen-bond acceptors (Lipinski definition) is 7. The van der Waals surface area contributed by atoms with Crippen LogP contribution in [0.4, 0.5) is 11.6 Å².